The zero-order valence-electron chi connectivity index (χ0n) is 12.7. The fraction of sp³-hybridized carbons (Fsp3) is 0.429. The maximum atomic E-state index is 13.2. The smallest absolute Gasteiger partial charge is 0.322 e. The zero-order chi connectivity index (χ0) is 18.4. The van der Waals surface area contributed by atoms with E-state index in [4.69, 9.17) is 0 Å². The summed E-state index contributed by atoms with van der Waals surface area (Å²) in [5, 5.41) is 4.65. The summed E-state index contributed by atoms with van der Waals surface area (Å²) in [5.74, 6) is -6.07. The zero-order valence-corrected chi connectivity index (χ0v) is 13.6. The molecule has 2 fully saturated rings. The van der Waals surface area contributed by atoms with Crippen LogP contribution in [0.25, 0.3) is 0 Å². The number of hydrogen-bond acceptors (Lipinski definition) is 4. The van der Waals surface area contributed by atoms with E-state index in [0.717, 1.165) is 0 Å². The molecule has 0 radical (unpaired) electrons. The fourth-order valence-electron chi connectivity index (χ4n) is 3.30. The molecular weight excluding hydrogens is 363 g/mol. The van der Waals surface area contributed by atoms with Crippen LogP contribution in [-0.4, -0.2) is 32.4 Å². The first-order valence-electron chi connectivity index (χ1n) is 7.43. The van der Waals surface area contributed by atoms with E-state index >= 15 is 0 Å². The van der Waals surface area contributed by atoms with E-state index in [2.05, 4.69) is 15.4 Å². The molecule has 1 aliphatic carbocycles. The lowest BCUT2D eigenvalue weighted by Gasteiger charge is -2.28. The Hall–Kier alpha value is -2.14. The molecule has 3 N–H and O–H groups in total. The van der Waals surface area contributed by atoms with Gasteiger partial charge in [0.2, 0.25) is 10.0 Å². The number of sulfonamides is 1. The molecule has 1 spiro atoms. The van der Waals surface area contributed by atoms with Crippen molar-refractivity contribution in [1.29, 1.82) is 0 Å². The Labute approximate surface area is 141 Å². The number of amides is 3. The van der Waals surface area contributed by atoms with Crippen LogP contribution in [0.1, 0.15) is 19.3 Å². The van der Waals surface area contributed by atoms with Crippen molar-refractivity contribution in [2.75, 3.05) is 6.54 Å². The molecule has 1 aromatic carbocycles. The van der Waals surface area contributed by atoms with Crippen molar-refractivity contribution < 1.29 is 31.2 Å². The third kappa shape index (κ3) is 2.97. The maximum Gasteiger partial charge on any atom is 0.322 e. The van der Waals surface area contributed by atoms with Gasteiger partial charge in [0, 0.05) is 12.5 Å². The molecule has 11 heteroatoms. The third-order valence-electron chi connectivity index (χ3n) is 4.58. The van der Waals surface area contributed by atoms with Crippen LogP contribution in [0.15, 0.2) is 17.0 Å². The minimum atomic E-state index is -4.33. The molecule has 7 nitrogen and oxygen atoms in total. The van der Waals surface area contributed by atoms with E-state index < -0.39 is 55.8 Å². The first kappa shape index (κ1) is 17.7. The molecular formula is C14H14F3N3O4S. The van der Waals surface area contributed by atoms with Crippen LogP contribution in [0, 0.1) is 23.4 Å². The molecule has 25 heavy (non-hydrogen) atoms. The summed E-state index contributed by atoms with van der Waals surface area (Å²) in [4.78, 5) is 22.6. The van der Waals surface area contributed by atoms with Gasteiger partial charge in [0.15, 0.2) is 17.5 Å². The first-order chi connectivity index (χ1) is 11.7. The van der Waals surface area contributed by atoms with Gasteiger partial charge in [-0.15, -0.1) is 0 Å². The summed E-state index contributed by atoms with van der Waals surface area (Å²) in [7, 11) is -4.33. The molecule has 2 atom stereocenters. The van der Waals surface area contributed by atoms with Crippen molar-refractivity contribution in [3.63, 3.8) is 0 Å². The summed E-state index contributed by atoms with van der Waals surface area (Å²) >= 11 is 0. The normalized spacial score (nSPS) is 26.1. The van der Waals surface area contributed by atoms with Gasteiger partial charge in [0.25, 0.3) is 5.91 Å². The summed E-state index contributed by atoms with van der Waals surface area (Å²) in [6, 6.07) is 0.0900. The van der Waals surface area contributed by atoms with Crippen molar-refractivity contribution in [3.05, 3.63) is 29.6 Å². The van der Waals surface area contributed by atoms with Crippen LogP contribution in [0.3, 0.4) is 0 Å². The van der Waals surface area contributed by atoms with Gasteiger partial charge in [-0.25, -0.2) is 31.1 Å². The molecule has 136 valence electrons. The second kappa shape index (κ2) is 5.99. The number of benzene rings is 1. The topological polar surface area (TPSA) is 104 Å². The largest absolute Gasteiger partial charge is 0.323 e. The lowest BCUT2D eigenvalue weighted by atomic mass is 9.87. The molecule has 1 saturated carbocycles. The van der Waals surface area contributed by atoms with Crippen LogP contribution < -0.4 is 15.4 Å². The van der Waals surface area contributed by atoms with Crippen LogP contribution in [-0.2, 0) is 14.8 Å². The molecule has 3 rings (SSSR count). The quantitative estimate of drug-likeness (QED) is 0.532. The summed E-state index contributed by atoms with van der Waals surface area (Å²) < 4.78 is 66.0. The molecule has 1 aliphatic heterocycles. The van der Waals surface area contributed by atoms with Gasteiger partial charge in [-0.3, -0.25) is 10.1 Å². The van der Waals surface area contributed by atoms with Crippen LogP contribution in [0.2, 0.25) is 0 Å². The number of carbonyl (C=O) groups is 2. The van der Waals surface area contributed by atoms with Gasteiger partial charge < -0.3 is 5.32 Å². The van der Waals surface area contributed by atoms with Crippen molar-refractivity contribution in [2.24, 2.45) is 5.92 Å². The number of rotatable bonds is 4. The van der Waals surface area contributed by atoms with Crippen molar-refractivity contribution in [2.45, 2.75) is 29.7 Å². The van der Waals surface area contributed by atoms with Gasteiger partial charge in [0.05, 0.1) is 4.90 Å². The summed E-state index contributed by atoms with van der Waals surface area (Å²) in [6.45, 7) is -0.226. The van der Waals surface area contributed by atoms with Crippen molar-refractivity contribution in [1.82, 2.24) is 15.4 Å². The number of halogens is 3. The Kier molecular flexibility index (Phi) is 4.23. The standard InChI is InChI=1S/C14H14F3N3O4S/c15-9-4-8(5-10(16)11(9)17)25(23,24)18-6-7-2-1-3-14(7)12(21)19-13(22)20-14/h4-5,7,18H,1-3,6H2,(H2,19,20,21,22). The Morgan fingerprint density at radius 2 is 1.84 bits per heavy atom. The SMILES string of the molecule is O=C1NC(=O)C2(CCCC2CNS(=O)(=O)c2cc(F)c(F)c(F)c2)N1. The minimum absolute atomic E-state index is 0.226. The molecule has 0 aromatic heterocycles. The van der Waals surface area contributed by atoms with Gasteiger partial charge in [-0.05, 0) is 25.0 Å². The Morgan fingerprint density at radius 3 is 2.40 bits per heavy atom. The van der Waals surface area contributed by atoms with E-state index in [1.165, 1.54) is 0 Å². The molecule has 3 amide bonds. The second-order valence-corrected chi connectivity index (χ2v) is 7.79. The highest BCUT2D eigenvalue weighted by atomic mass is 32.2. The van der Waals surface area contributed by atoms with Gasteiger partial charge >= 0.3 is 6.03 Å². The lowest BCUT2D eigenvalue weighted by molar-refractivity contribution is -0.125. The van der Waals surface area contributed by atoms with Gasteiger partial charge in [0.1, 0.15) is 5.54 Å². The maximum absolute atomic E-state index is 13.2. The van der Waals surface area contributed by atoms with Gasteiger partial charge in [-0.1, -0.05) is 6.42 Å². The predicted molar refractivity (Wildman–Crippen MR) is 78.3 cm³/mol. The second-order valence-electron chi connectivity index (χ2n) is 6.02. The average molecular weight is 377 g/mol. The van der Waals surface area contributed by atoms with Crippen LogP contribution in [0.5, 0.6) is 0 Å². The number of carbonyl (C=O) groups excluding carboxylic acids is 2. The van der Waals surface area contributed by atoms with E-state index in [9.17, 15) is 31.2 Å². The highest BCUT2D eigenvalue weighted by molar-refractivity contribution is 7.89. The Balaban J connectivity index is 1.79. The van der Waals surface area contributed by atoms with Crippen LogP contribution in [0.4, 0.5) is 18.0 Å². The highest BCUT2D eigenvalue weighted by Crippen LogP contribution is 2.37. The van der Waals surface area contributed by atoms with E-state index in [1.54, 1.807) is 0 Å². The monoisotopic (exact) mass is 377 g/mol. The van der Waals surface area contributed by atoms with E-state index in [-0.39, 0.29) is 6.54 Å². The number of nitrogens with one attached hydrogen (secondary N) is 3. The van der Waals surface area contributed by atoms with E-state index in [0.29, 0.717) is 31.4 Å². The fourth-order valence-corrected chi connectivity index (χ4v) is 4.41. The van der Waals surface area contributed by atoms with Crippen molar-refractivity contribution in [3.8, 4) is 0 Å². The molecule has 1 heterocycles. The number of imide groups is 1. The van der Waals surface area contributed by atoms with Crippen LogP contribution >= 0.6 is 0 Å². The third-order valence-corrected chi connectivity index (χ3v) is 5.98. The number of urea groups is 1. The first-order valence-corrected chi connectivity index (χ1v) is 8.92. The van der Waals surface area contributed by atoms with Gasteiger partial charge in [-0.2, -0.15) is 0 Å². The number of hydrogen-bond donors (Lipinski definition) is 3. The van der Waals surface area contributed by atoms with E-state index in [1.807, 2.05) is 0 Å². The molecule has 0 bridgehead atoms. The Bertz CT molecular complexity index is 838. The predicted octanol–water partition coefficient (Wildman–Crippen LogP) is 0.760. The molecule has 1 aromatic rings. The van der Waals surface area contributed by atoms with Crippen molar-refractivity contribution >= 4 is 22.0 Å². The lowest BCUT2D eigenvalue weighted by Crippen LogP contribution is -2.53. The average Bonchev–Trinajstić information content (AvgIpc) is 3.06. The summed E-state index contributed by atoms with van der Waals surface area (Å²) in [5.41, 5.74) is -1.20. The molecule has 2 unspecified atom stereocenters. The highest BCUT2D eigenvalue weighted by Gasteiger charge is 2.54. The molecule has 1 saturated heterocycles. The molecule has 2 aliphatic rings. The minimum Gasteiger partial charge on any atom is -0.323 e. The Morgan fingerprint density at radius 1 is 1.20 bits per heavy atom. The summed E-state index contributed by atoms with van der Waals surface area (Å²) in [6.07, 6.45) is 1.43.